The van der Waals surface area contributed by atoms with Crippen LogP contribution in [-0.4, -0.2) is 14.8 Å². The molecular weight excluding hydrogens is 365 g/mol. The summed E-state index contributed by atoms with van der Waals surface area (Å²) < 4.78 is 16.3. The Kier molecular flexibility index (Phi) is 3.23. The highest BCUT2D eigenvalue weighted by molar-refractivity contribution is 9.10. The van der Waals surface area contributed by atoms with Crippen LogP contribution in [0, 0.1) is 5.82 Å². The minimum atomic E-state index is -0.265. The van der Waals surface area contributed by atoms with E-state index in [0.29, 0.717) is 11.4 Å². The van der Waals surface area contributed by atoms with E-state index in [1.165, 1.54) is 12.1 Å². The predicted molar refractivity (Wildman–Crippen MR) is 74.0 cm³/mol. The zero-order valence-corrected chi connectivity index (χ0v) is 12.6. The molecule has 1 aliphatic rings. The Hall–Kier alpha value is -0.750. The third kappa shape index (κ3) is 2.12. The fourth-order valence-electron chi connectivity index (χ4n) is 1.98. The number of hydrogen-bond acceptors (Lipinski definition) is 2. The van der Waals surface area contributed by atoms with Crippen LogP contribution in [0.25, 0.3) is 11.4 Å². The van der Waals surface area contributed by atoms with Gasteiger partial charge in [0.1, 0.15) is 11.6 Å². The predicted octanol–water partition coefficient (Wildman–Crippen LogP) is 4.08. The quantitative estimate of drug-likeness (QED) is 0.758. The number of hydrogen-bond donors (Lipinski definition) is 0. The second-order valence-electron chi connectivity index (χ2n) is 4.30. The van der Waals surface area contributed by atoms with Gasteiger partial charge in [0, 0.05) is 16.1 Å². The van der Waals surface area contributed by atoms with Crippen molar-refractivity contribution in [1.82, 2.24) is 14.8 Å². The van der Waals surface area contributed by atoms with Crippen LogP contribution in [0.15, 0.2) is 22.7 Å². The van der Waals surface area contributed by atoms with E-state index in [4.69, 9.17) is 0 Å². The molecule has 0 amide bonds. The Bertz CT molecular complexity index is 593. The third-order valence-electron chi connectivity index (χ3n) is 2.97. The van der Waals surface area contributed by atoms with Crippen LogP contribution in [0.3, 0.4) is 0 Å². The molecule has 3 rings (SSSR count). The maximum atomic E-state index is 13.4. The molecule has 1 saturated carbocycles. The van der Waals surface area contributed by atoms with E-state index in [2.05, 4.69) is 46.6 Å². The normalized spacial score (nSPS) is 15.1. The van der Waals surface area contributed by atoms with Crippen molar-refractivity contribution in [3.63, 3.8) is 0 Å². The van der Waals surface area contributed by atoms with Gasteiger partial charge in [-0.05, 0) is 31.0 Å². The average Bonchev–Trinajstić information content (AvgIpc) is 3.12. The van der Waals surface area contributed by atoms with E-state index < -0.39 is 0 Å². The lowest BCUT2D eigenvalue weighted by molar-refractivity contribution is 0.627. The first-order valence-electron chi connectivity index (χ1n) is 5.66. The van der Waals surface area contributed by atoms with Gasteiger partial charge < -0.3 is 4.57 Å². The molecule has 0 bridgehead atoms. The molecule has 1 aromatic carbocycles. The van der Waals surface area contributed by atoms with E-state index in [-0.39, 0.29) is 5.82 Å². The standard InChI is InChI=1S/C12H10Br2FN3/c13-6-11-16-17-12(18(11)8-2-3-8)9-5-7(15)1-4-10(9)14/h1,4-5,8H,2-3,6H2. The maximum Gasteiger partial charge on any atom is 0.165 e. The van der Waals surface area contributed by atoms with Crippen LogP contribution >= 0.6 is 31.9 Å². The van der Waals surface area contributed by atoms with E-state index in [9.17, 15) is 4.39 Å². The molecular formula is C12H10Br2FN3. The summed E-state index contributed by atoms with van der Waals surface area (Å²) in [6.45, 7) is 0. The molecule has 0 radical (unpaired) electrons. The molecule has 94 valence electrons. The van der Waals surface area contributed by atoms with Crippen molar-refractivity contribution in [1.29, 1.82) is 0 Å². The number of halogens is 3. The molecule has 1 fully saturated rings. The van der Waals surface area contributed by atoms with Crippen LogP contribution in [0.5, 0.6) is 0 Å². The van der Waals surface area contributed by atoms with Crippen molar-refractivity contribution in [3.8, 4) is 11.4 Å². The van der Waals surface area contributed by atoms with Crippen LogP contribution in [-0.2, 0) is 5.33 Å². The summed E-state index contributed by atoms with van der Waals surface area (Å²) in [5.74, 6) is 1.36. The zero-order valence-electron chi connectivity index (χ0n) is 9.41. The fourth-order valence-corrected chi connectivity index (χ4v) is 2.79. The van der Waals surface area contributed by atoms with Gasteiger partial charge in [0.15, 0.2) is 5.82 Å². The minimum absolute atomic E-state index is 0.265. The van der Waals surface area contributed by atoms with Crippen molar-refractivity contribution in [2.45, 2.75) is 24.2 Å². The second kappa shape index (κ2) is 4.74. The highest BCUT2D eigenvalue weighted by atomic mass is 79.9. The Morgan fingerprint density at radius 1 is 1.33 bits per heavy atom. The first-order chi connectivity index (χ1) is 8.70. The Labute approximate surface area is 121 Å². The van der Waals surface area contributed by atoms with E-state index in [0.717, 1.165) is 34.5 Å². The topological polar surface area (TPSA) is 30.7 Å². The van der Waals surface area contributed by atoms with Gasteiger partial charge in [-0.3, -0.25) is 0 Å². The van der Waals surface area contributed by atoms with Gasteiger partial charge in [0.25, 0.3) is 0 Å². The fraction of sp³-hybridized carbons (Fsp3) is 0.333. The van der Waals surface area contributed by atoms with Crippen molar-refractivity contribution < 1.29 is 4.39 Å². The molecule has 1 aliphatic carbocycles. The summed E-state index contributed by atoms with van der Waals surface area (Å²) in [6.07, 6.45) is 2.27. The van der Waals surface area contributed by atoms with Gasteiger partial charge in [0.05, 0.1) is 5.33 Å². The highest BCUT2D eigenvalue weighted by Gasteiger charge is 2.30. The molecule has 0 spiro atoms. The molecule has 0 saturated heterocycles. The van der Waals surface area contributed by atoms with Gasteiger partial charge in [0.2, 0.25) is 0 Å². The second-order valence-corrected chi connectivity index (χ2v) is 5.71. The summed E-state index contributed by atoms with van der Waals surface area (Å²) in [5.41, 5.74) is 0.751. The largest absolute Gasteiger partial charge is 0.307 e. The number of benzene rings is 1. The Morgan fingerprint density at radius 2 is 2.11 bits per heavy atom. The summed E-state index contributed by atoms with van der Waals surface area (Å²) in [4.78, 5) is 0. The maximum absolute atomic E-state index is 13.4. The zero-order chi connectivity index (χ0) is 12.7. The molecule has 0 unspecified atom stereocenters. The Balaban J connectivity index is 2.16. The average molecular weight is 375 g/mol. The number of rotatable bonds is 3. The molecule has 0 N–H and O–H groups in total. The monoisotopic (exact) mass is 373 g/mol. The minimum Gasteiger partial charge on any atom is -0.307 e. The van der Waals surface area contributed by atoms with Crippen LogP contribution in [0.1, 0.15) is 24.7 Å². The van der Waals surface area contributed by atoms with Crippen LogP contribution < -0.4 is 0 Å². The van der Waals surface area contributed by atoms with Crippen LogP contribution in [0.4, 0.5) is 4.39 Å². The summed E-state index contributed by atoms with van der Waals surface area (Å²) >= 11 is 6.86. The smallest absolute Gasteiger partial charge is 0.165 e. The SMILES string of the molecule is Fc1ccc(Br)c(-c2nnc(CBr)n2C2CC2)c1. The Morgan fingerprint density at radius 3 is 2.78 bits per heavy atom. The highest BCUT2D eigenvalue weighted by Crippen LogP contribution is 2.40. The molecule has 1 aromatic heterocycles. The van der Waals surface area contributed by atoms with E-state index >= 15 is 0 Å². The molecule has 2 aromatic rings. The van der Waals surface area contributed by atoms with E-state index in [1.54, 1.807) is 6.07 Å². The summed E-state index contributed by atoms with van der Waals surface area (Å²) in [7, 11) is 0. The molecule has 0 aliphatic heterocycles. The first kappa shape index (κ1) is 12.3. The lowest BCUT2D eigenvalue weighted by atomic mass is 10.2. The van der Waals surface area contributed by atoms with Crippen molar-refractivity contribution in [2.24, 2.45) is 0 Å². The number of aromatic nitrogens is 3. The van der Waals surface area contributed by atoms with Gasteiger partial charge in [-0.25, -0.2) is 4.39 Å². The van der Waals surface area contributed by atoms with Crippen LogP contribution in [0.2, 0.25) is 0 Å². The third-order valence-corrected chi connectivity index (χ3v) is 4.16. The van der Waals surface area contributed by atoms with Crippen molar-refractivity contribution in [2.75, 3.05) is 0 Å². The van der Waals surface area contributed by atoms with E-state index in [1.807, 2.05) is 0 Å². The molecule has 18 heavy (non-hydrogen) atoms. The molecule has 6 heteroatoms. The summed E-state index contributed by atoms with van der Waals surface area (Å²) in [6, 6.07) is 5.07. The van der Waals surface area contributed by atoms with Crippen molar-refractivity contribution in [3.05, 3.63) is 34.3 Å². The summed E-state index contributed by atoms with van der Waals surface area (Å²) in [5, 5.41) is 9.03. The molecule has 3 nitrogen and oxygen atoms in total. The van der Waals surface area contributed by atoms with Gasteiger partial charge in [-0.2, -0.15) is 0 Å². The van der Waals surface area contributed by atoms with Gasteiger partial charge in [-0.15, -0.1) is 10.2 Å². The number of alkyl halides is 1. The van der Waals surface area contributed by atoms with Gasteiger partial charge >= 0.3 is 0 Å². The van der Waals surface area contributed by atoms with Crippen molar-refractivity contribution >= 4 is 31.9 Å². The first-order valence-corrected chi connectivity index (χ1v) is 7.57. The lowest BCUT2D eigenvalue weighted by Gasteiger charge is -2.09. The number of nitrogens with zero attached hydrogens (tertiary/aromatic N) is 3. The lowest BCUT2D eigenvalue weighted by Crippen LogP contribution is -2.02. The molecule has 0 atom stereocenters. The van der Waals surface area contributed by atoms with Gasteiger partial charge in [-0.1, -0.05) is 31.9 Å². The molecule has 1 heterocycles.